The lowest BCUT2D eigenvalue weighted by Gasteiger charge is -2.09. The van der Waals surface area contributed by atoms with Gasteiger partial charge in [0.05, 0.1) is 39.6 Å². The van der Waals surface area contributed by atoms with Gasteiger partial charge in [0.2, 0.25) is 5.88 Å². The molecule has 0 aromatic carbocycles. The van der Waals surface area contributed by atoms with Gasteiger partial charge in [-0.3, -0.25) is 0 Å². The van der Waals surface area contributed by atoms with E-state index in [4.69, 9.17) is 18.9 Å². The third-order valence-corrected chi connectivity index (χ3v) is 2.77. The fraction of sp³-hybridized carbons (Fsp3) is 0.615. The number of aliphatic hydroxyl groups excluding tert-OH is 1. The summed E-state index contributed by atoms with van der Waals surface area (Å²) in [6.07, 6.45) is 1.62. The van der Waals surface area contributed by atoms with Crippen LogP contribution in [0.4, 0.5) is 0 Å². The van der Waals surface area contributed by atoms with Gasteiger partial charge < -0.3 is 24.1 Å². The SMILES string of the molecule is COCCOCCOCCOc1ncc(Br)cc1CO. The minimum absolute atomic E-state index is 0.115. The largest absolute Gasteiger partial charge is 0.475 e. The number of aliphatic hydroxyl groups is 1. The van der Waals surface area contributed by atoms with E-state index in [9.17, 15) is 5.11 Å². The van der Waals surface area contributed by atoms with Crippen LogP contribution in [0.15, 0.2) is 16.7 Å². The number of pyridine rings is 1. The minimum atomic E-state index is -0.115. The van der Waals surface area contributed by atoms with E-state index in [0.717, 1.165) is 4.47 Å². The molecule has 1 aromatic rings. The molecule has 0 aliphatic carbocycles. The zero-order valence-electron chi connectivity index (χ0n) is 11.5. The van der Waals surface area contributed by atoms with Gasteiger partial charge in [-0.1, -0.05) is 0 Å². The van der Waals surface area contributed by atoms with Crippen LogP contribution in [0.3, 0.4) is 0 Å². The maximum Gasteiger partial charge on any atom is 0.219 e. The van der Waals surface area contributed by atoms with E-state index in [0.29, 0.717) is 51.1 Å². The van der Waals surface area contributed by atoms with Crippen LogP contribution in [0.2, 0.25) is 0 Å². The highest BCUT2D eigenvalue weighted by molar-refractivity contribution is 9.10. The second kappa shape index (κ2) is 11.0. The minimum Gasteiger partial charge on any atom is -0.475 e. The summed E-state index contributed by atoms with van der Waals surface area (Å²) in [6, 6.07) is 1.77. The van der Waals surface area contributed by atoms with Gasteiger partial charge in [0, 0.05) is 23.3 Å². The van der Waals surface area contributed by atoms with Crippen molar-refractivity contribution in [3.63, 3.8) is 0 Å². The molecule has 0 radical (unpaired) electrons. The van der Waals surface area contributed by atoms with Gasteiger partial charge in [-0.15, -0.1) is 0 Å². The highest BCUT2D eigenvalue weighted by Gasteiger charge is 2.05. The summed E-state index contributed by atoms with van der Waals surface area (Å²) in [4.78, 5) is 4.09. The Morgan fingerprint density at radius 2 is 1.75 bits per heavy atom. The van der Waals surface area contributed by atoms with Crippen molar-refractivity contribution in [1.29, 1.82) is 0 Å². The van der Waals surface area contributed by atoms with Crippen LogP contribution in [0.25, 0.3) is 0 Å². The molecule has 7 heteroatoms. The van der Waals surface area contributed by atoms with Crippen LogP contribution in [-0.4, -0.2) is 56.8 Å². The second-order valence-corrected chi connectivity index (χ2v) is 4.76. The standard InChI is InChI=1S/C13H20BrNO5/c1-17-2-3-18-4-5-19-6-7-20-13-11(10-16)8-12(14)9-15-13/h8-9,16H,2-7,10H2,1H3. The molecule has 20 heavy (non-hydrogen) atoms. The molecule has 114 valence electrons. The zero-order chi connectivity index (χ0) is 14.6. The highest BCUT2D eigenvalue weighted by atomic mass is 79.9. The van der Waals surface area contributed by atoms with Crippen LogP contribution in [-0.2, 0) is 20.8 Å². The predicted octanol–water partition coefficient (Wildman–Crippen LogP) is 1.39. The van der Waals surface area contributed by atoms with Crippen LogP contribution in [0, 0.1) is 0 Å². The number of rotatable bonds is 11. The van der Waals surface area contributed by atoms with Crippen LogP contribution in [0.1, 0.15) is 5.56 Å². The summed E-state index contributed by atoms with van der Waals surface area (Å²) in [5, 5.41) is 9.19. The first kappa shape index (κ1) is 17.3. The average molecular weight is 350 g/mol. The van der Waals surface area contributed by atoms with Gasteiger partial charge in [-0.25, -0.2) is 4.98 Å². The smallest absolute Gasteiger partial charge is 0.219 e. The van der Waals surface area contributed by atoms with Crippen molar-refractivity contribution in [3.05, 3.63) is 22.3 Å². The molecular formula is C13H20BrNO5. The number of methoxy groups -OCH3 is 1. The van der Waals surface area contributed by atoms with E-state index in [1.165, 1.54) is 0 Å². The third-order valence-electron chi connectivity index (χ3n) is 2.33. The topological polar surface area (TPSA) is 70.0 Å². The Bertz CT molecular complexity index is 378. The van der Waals surface area contributed by atoms with E-state index in [-0.39, 0.29) is 6.61 Å². The zero-order valence-corrected chi connectivity index (χ0v) is 13.1. The first-order chi connectivity index (χ1) is 9.77. The number of nitrogens with zero attached hydrogens (tertiary/aromatic N) is 1. The van der Waals surface area contributed by atoms with E-state index in [1.807, 2.05) is 0 Å². The second-order valence-electron chi connectivity index (χ2n) is 3.84. The summed E-state index contributed by atoms with van der Waals surface area (Å²) >= 11 is 3.29. The Labute approximate surface area is 127 Å². The summed E-state index contributed by atoms with van der Waals surface area (Å²) in [5.74, 6) is 0.427. The summed E-state index contributed by atoms with van der Waals surface area (Å²) in [7, 11) is 1.63. The Morgan fingerprint density at radius 3 is 2.40 bits per heavy atom. The molecular weight excluding hydrogens is 330 g/mol. The lowest BCUT2D eigenvalue weighted by Crippen LogP contribution is -2.13. The Morgan fingerprint density at radius 1 is 1.10 bits per heavy atom. The normalized spacial score (nSPS) is 10.8. The molecule has 0 amide bonds. The van der Waals surface area contributed by atoms with Gasteiger partial charge in [0.15, 0.2) is 0 Å². The fourth-order valence-corrected chi connectivity index (χ4v) is 1.75. The van der Waals surface area contributed by atoms with E-state index in [2.05, 4.69) is 20.9 Å². The van der Waals surface area contributed by atoms with Crippen molar-refractivity contribution in [2.24, 2.45) is 0 Å². The molecule has 0 aliphatic rings. The molecule has 0 spiro atoms. The van der Waals surface area contributed by atoms with Gasteiger partial charge in [0.1, 0.15) is 6.61 Å². The van der Waals surface area contributed by atoms with Crippen LogP contribution in [0.5, 0.6) is 5.88 Å². The maximum atomic E-state index is 9.19. The first-order valence-electron chi connectivity index (χ1n) is 6.30. The first-order valence-corrected chi connectivity index (χ1v) is 7.09. The lowest BCUT2D eigenvalue weighted by atomic mass is 10.3. The van der Waals surface area contributed by atoms with E-state index >= 15 is 0 Å². The number of halogens is 1. The number of ether oxygens (including phenoxy) is 4. The summed E-state index contributed by atoms with van der Waals surface area (Å²) in [6.45, 7) is 2.89. The molecule has 0 bridgehead atoms. The lowest BCUT2D eigenvalue weighted by molar-refractivity contribution is 0.0175. The molecule has 0 saturated heterocycles. The maximum absolute atomic E-state index is 9.19. The van der Waals surface area contributed by atoms with Crippen molar-refractivity contribution in [3.8, 4) is 5.88 Å². The molecule has 1 aromatic heterocycles. The molecule has 6 nitrogen and oxygen atoms in total. The van der Waals surface area contributed by atoms with Crippen molar-refractivity contribution in [1.82, 2.24) is 4.98 Å². The highest BCUT2D eigenvalue weighted by Crippen LogP contribution is 2.19. The fourth-order valence-electron chi connectivity index (χ4n) is 1.37. The Balaban J connectivity index is 2.09. The number of hydrogen-bond donors (Lipinski definition) is 1. The van der Waals surface area contributed by atoms with Crippen molar-refractivity contribution in [2.75, 3.05) is 46.8 Å². The van der Waals surface area contributed by atoms with Gasteiger partial charge >= 0.3 is 0 Å². The molecule has 0 fully saturated rings. The predicted molar refractivity (Wildman–Crippen MR) is 76.9 cm³/mol. The molecule has 0 saturated carbocycles. The van der Waals surface area contributed by atoms with Gasteiger partial charge in [-0.2, -0.15) is 0 Å². The molecule has 0 aliphatic heterocycles. The quantitative estimate of drug-likeness (QED) is 0.609. The molecule has 0 atom stereocenters. The van der Waals surface area contributed by atoms with Gasteiger partial charge in [0.25, 0.3) is 0 Å². The number of aromatic nitrogens is 1. The van der Waals surface area contributed by atoms with Crippen molar-refractivity contribution in [2.45, 2.75) is 6.61 Å². The summed E-state index contributed by atoms with van der Waals surface area (Å²) < 4.78 is 21.7. The molecule has 1 N–H and O–H groups in total. The Hall–Kier alpha value is -0.730. The van der Waals surface area contributed by atoms with Gasteiger partial charge in [-0.05, 0) is 22.0 Å². The Kier molecular flexibility index (Phi) is 9.52. The van der Waals surface area contributed by atoms with Crippen molar-refractivity contribution < 1.29 is 24.1 Å². The van der Waals surface area contributed by atoms with E-state index < -0.39 is 0 Å². The summed E-state index contributed by atoms with van der Waals surface area (Å²) in [5.41, 5.74) is 0.641. The number of hydrogen-bond acceptors (Lipinski definition) is 6. The molecule has 1 rings (SSSR count). The average Bonchev–Trinajstić information content (AvgIpc) is 2.46. The van der Waals surface area contributed by atoms with Crippen LogP contribution < -0.4 is 4.74 Å². The monoisotopic (exact) mass is 349 g/mol. The van der Waals surface area contributed by atoms with E-state index in [1.54, 1.807) is 19.4 Å². The molecule has 0 unspecified atom stereocenters. The van der Waals surface area contributed by atoms with Crippen LogP contribution >= 0.6 is 15.9 Å². The third kappa shape index (κ3) is 7.16. The van der Waals surface area contributed by atoms with Crippen molar-refractivity contribution >= 4 is 15.9 Å². The molecule has 1 heterocycles.